The van der Waals surface area contributed by atoms with Crippen molar-refractivity contribution < 1.29 is 18.3 Å². The van der Waals surface area contributed by atoms with Crippen molar-refractivity contribution in [3.05, 3.63) is 35.4 Å². The SMILES string of the molecule is CCOC(=O)C(N)Cc1c(F)cccc1F. The minimum Gasteiger partial charge on any atom is -0.465 e. The molecule has 2 N–H and O–H groups in total. The minimum absolute atomic E-state index is 0.187. The van der Waals surface area contributed by atoms with Crippen molar-refractivity contribution in [3.63, 3.8) is 0 Å². The van der Waals surface area contributed by atoms with Gasteiger partial charge in [0.2, 0.25) is 0 Å². The molecule has 0 aliphatic rings. The zero-order valence-corrected chi connectivity index (χ0v) is 8.87. The maximum absolute atomic E-state index is 13.2. The van der Waals surface area contributed by atoms with E-state index in [0.29, 0.717) is 0 Å². The van der Waals surface area contributed by atoms with Gasteiger partial charge in [-0.3, -0.25) is 4.79 Å². The van der Waals surface area contributed by atoms with Crippen molar-refractivity contribution in [1.82, 2.24) is 0 Å². The molecule has 16 heavy (non-hydrogen) atoms. The number of carbonyl (C=O) groups excluding carboxylic acids is 1. The van der Waals surface area contributed by atoms with Gasteiger partial charge in [-0.05, 0) is 19.1 Å². The lowest BCUT2D eigenvalue weighted by atomic mass is 10.1. The molecule has 0 heterocycles. The van der Waals surface area contributed by atoms with Crippen LogP contribution in [0.25, 0.3) is 0 Å². The highest BCUT2D eigenvalue weighted by Crippen LogP contribution is 2.13. The van der Waals surface area contributed by atoms with Crippen molar-refractivity contribution in [2.75, 3.05) is 6.61 Å². The molecular weight excluding hydrogens is 216 g/mol. The third-order valence-electron chi connectivity index (χ3n) is 2.08. The van der Waals surface area contributed by atoms with E-state index in [9.17, 15) is 13.6 Å². The molecule has 0 fully saturated rings. The first-order chi connectivity index (χ1) is 7.56. The van der Waals surface area contributed by atoms with Crippen LogP contribution in [-0.4, -0.2) is 18.6 Å². The fourth-order valence-electron chi connectivity index (χ4n) is 1.28. The molecule has 0 bridgehead atoms. The van der Waals surface area contributed by atoms with Crippen LogP contribution in [0.5, 0.6) is 0 Å². The van der Waals surface area contributed by atoms with Crippen LogP contribution in [0.3, 0.4) is 0 Å². The standard InChI is InChI=1S/C11H13F2NO2/c1-2-16-11(15)10(14)6-7-8(12)4-3-5-9(7)13/h3-5,10H,2,6,14H2,1H3. The Morgan fingerprint density at radius 3 is 2.50 bits per heavy atom. The van der Waals surface area contributed by atoms with Crippen molar-refractivity contribution in [3.8, 4) is 0 Å². The Balaban J connectivity index is 2.76. The molecule has 0 aliphatic heterocycles. The summed E-state index contributed by atoms with van der Waals surface area (Å²) in [5.41, 5.74) is 5.27. The summed E-state index contributed by atoms with van der Waals surface area (Å²) in [4.78, 5) is 11.2. The molecule has 0 amide bonds. The second-order valence-corrected chi connectivity index (χ2v) is 3.26. The molecule has 1 rings (SSSR count). The number of benzene rings is 1. The number of carbonyl (C=O) groups is 1. The lowest BCUT2D eigenvalue weighted by Crippen LogP contribution is -2.35. The molecule has 1 aromatic carbocycles. The van der Waals surface area contributed by atoms with E-state index in [1.54, 1.807) is 6.92 Å². The lowest BCUT2D eigenvalue weighted by molar-refractivity contribution is -0.144. The third kappa shape index (κ3) is 3.00. The van der Waals surface area contributed by atoms with Gasteiger partial charge in [-0.15, -0.1) is 0 Å². The summed E-state index contributed by atoms with van der Waals surface area (Å²) in [6.45, 7) is 1.82. The predicted octanol–water partition coefficient (Wildman–Crippen LogP) is 1.40. The monoisotopic (exact) mass is 229 g/mol. The van der Waals surface area contributed by atoms with E-state index in [2.05, 4.69) is 4.74 Å². The zero-order chi connectivity index (χ0) is 12.1. The molecular formula is C11H13F2NO2. The molecule has 0 radical (unpaired) electrons. The van der Waals surface area contributed by atoms with Gasteiger partial charge in [-0.25, -0.2) is 8.78 Å². The summed E-state index contributed by atoms with van der Waals surface area (Å²) < 4.78 is 31.1. The Labute approximate surface area is 92.2 Å². The van der Waals surface area contributed by atoms with Crippen molar-refractivity contribution in [2.45, 2.75) is 19.4 Å². The predicted molar refractivity (Wildman–Crippen MR) is 54.7 cm³/mol. The highest BCUT2D eigenvalue weighted by atomic mass is 19.1. The summed E-state index contributed by atoms with van der Waals surface area (Å²) in [5.74, 6) is -2.08. The van der Waals surface area contributed by atoms with Gasteiger partial charge in [-0.1, -0.05) is 6.07 Å². The van der Waals surface area contributed by atoms with Crippen molar-refractivity contribution >= 4 is 5.97 Å². The van der Waals surface area contributed by atoms with E-state index < -0.39 is 23.6 Å². The minimum atomic E-state index is -1.05. The highest BCUT2D eigenvalue weighted by molar-refractivity contribution is 5.75. The molecule has 0 aromatic heterocycles. The van der Waals surface area contributed by atoms with E-state index >= 15 is 0 Å². The Morgan fingerprint density at radius 1 is 1.44 bits per heavy atom. The van der Waals surface area contributed by atoms with E-state index in [1.165, 1.54) is 6.07 Å². The molecule has 1 atom stereocenters. The second kappa shape index (κ2) is 5.55. The molecule has 0 spiro atoms. The summed E-state index contributed by atoms with van der Waals surface area (Å²) >= 11 is 0. The van der Waals surface area contributed by atoms with Crippen LogP contribution in [0.2, 0.25) is 0 Å². The number of halogens is 2. The average molecular weight is 229 g/mol. The maximum Gasteiger partial charge on any atom is 0.323 e. The Morgan fingerprint density at radius 2 is 2.00 bits per heavy atom. The fraction of sp³-hybridized carbons (Fsp3) is 0.364. The number of esters is 1. The highest BCUT2D eigenvalue weighted by Gasteiger charge is 2.19. The van der Waals surface area contributed by atoms with E-state index in [1.807, 2.05) is 0 Å². The number of rotatable bonds is 4. The van der Waals surface area contributed by atoms with E-state index in [-0.39, 0.29) is 18.6 Å². The van der Waals surface area contributed by atoms with Gasteiger partial charge < -0.3 is 10.5 Å². The summed E-state index contributed by atoms with van der Waals surface area (Å²) in [5, 5.41) is 0. The van der Waals surface area contributed by atoms with Gasteiger partial charge in [0.05, 0.1) is 6.61 Å². The van der Waals surface area contributed by atoms with Crippen LogP contribution in [0.4, 0.5) is 8.78 Å². The van der Waals surface area contributed by atoms with Crippen LogP contribution >= 0.6 is 0 Å². The van der Waals surface area contributed by atoms with Gasteiger partial charge in [0, 0.05) is 12.0 Å². The molecule has 88 valence electrons. The summed E-state index contributed by atoms with van der Waals surface area (Å²) in [6, 6.07) is 2.45. The smallest absolute Gasteiger partial charge is 0.323 e. The third-order valence-corrected chi connectivity index (χ3v) is 2.08. The van der Waals surface area contributed by atoms with Gasteiger partial charge >= 0.3 is 5.97 Å². The van der Waals surface area contributed by atoms with Gasteiger partial charge in [0.15, 0.2) is 0 Å². The average Bonchev–Trinajstić information content (AvgIpc) is 2.23. The zero-order valence-electron chi connectivity index (χ0n) is 8.87. The van der Waals surface area contributed by atoms with Gasteiger partial charge in [-0.2, -0.15) is 0 Å². The lowest BCUT2D eigenvalue weighted by Gasteiger charge is -2.11. The molecule has 0 aliphatic carbocycles. The topological polar surface area (TPSA) is 52.3 Å². The number of nitrogens with two attached hydrogens (primary N) is 1. The van der Waals surface area contributed by atoms with Crippen LogP contribution in [0, 0.1) is 11.6 Å². The number of hydrogen-bond acceptors (Lipinski definition) is 3. The van der Waals surface area contributed by atoms with Crippen molar-refractivity contribution in [2.24, 2.45) is 5.73 Å². The molecule has 0 saturated carbocycles. The number of hydrogen-bond donors (Lipinski definition) is 1. The van der Waals surface area contributed by atoms with Gasteiger partial charge in [0.1, 0.15) is 17.7 Å². The maximum atomic E-state index is 13.2. The molecule has 3 nitrogen and oxygen atoms in total. The van der Waals surface area contributed by atoms with Crippen LogP contribution in [0.1, 0.15) is 12.5 Å². The Kier molecular flexibility index (Phi) is 4.37. The molecule has 5 heteroatoms. The number of ether oxygens (including phenoxy) is 1. The fourth-order valence-corrected chi connectivity index (χ4v) is 1.28. The molecule has 1 unspecified atom stereocenters. The second-order valence-electron chi connectivity index (χ2n) is 3.26. The molecule has 0 saturated heterocycles. The summed E-state index contributed by atoms with van der Waals surface area (Å²) in [7, 11) is 0. The van der Waals surface area contributed by atoms with E-state index in [4.69, 9.17) is 5.73 Å². The first kappa shape index (κ1) is 12.6. The van der Waals surface area contributed by atoms with Crippen molar-refractivity contribution in [1.29, 1.82) is 0 Å². The first-order valence-corrected chi connectivity index (χ1v) is 4.91. The normalized spacial score (nSPS) is 12.2. The molecule has 1 aromatic rings. The van der Waals surface area contributed by atoms with Crippen LogP contribution < -0.4 is 5.73 Å². The van der Waals surface area contributed by atoms with Crippen LogP contribution in [-0.2, 0) is 16.0 Å². The largest absolute Gasteiger partial charge is 0.465 e. The van der Waals surface area contributed by atoms with E-state index in [0.717, 1.165) is 12.1 Å². The quantitative estimate of drug-likeness (QED) is 0.794. The van der Waals surface area contributed by atoms with Crippen LogP contribution in [0.15, 0.2) is 18.2 Å². The van der Waals surface area contributed by atoms with Gasteiger partial charge in [0.25, 0.3) is 0 Å². The first-order valence-electron chi connectivity index (χ1n) is 4.91. The Hall–Kier alpha value is -1.49. The summed E-state index contributed by atoms with van der Waals surface area (Å²) in [6.07, 6.45) is -0.211. The Bertz CT molecular complexity index is 362.